The van der Waals surface area contributed by atoms with Crippen LogP contribution in [0.2, 0.25) is 0 Å². The van der Waals surface area contributed by atoms with Crippen molar-refractivity contribution in [2.75, 3.05) is 6.26 Å². The summed E-state index contributed by atoms with van der Waals surface area (Å²) in [6, 6.07) is 6.50. The van der Waals surface area contributed by atoms with E-state index in [1.54, 1.807) is 24.3 Å². The summed E-state index contributed by atoms with van der Waals surface area (Å²) in [4.78, 5) is 4.26. The van der Waals surface area contributed by atoms with Gasteiger partial charge in [0.15, 0.2) is 0 Å². The van der Waals surface area contributed by atoms with Gasteiger partial charge in [-0.25, -0.2) is 9.38 Å². The second-order valence-corrected chi connectivity index (χ2v) is 5.75. The highest BCUT2D eigenvalue weighted by molar-refractivity contribution is 8.13. The number of nitrogens with zero attached hydrogens (tertiary/aromatic N) is 1. The third-order valence-corrected chi connectivity index (χ3v) is 2.64. The first-order chi connectivity index (χ1) is 8.42. The molecule has 1 rings (SSSR count). The highest BCUT2D eigenvalue weighted by Gasteiger charge is 2.03. The zero-order valence-corrected chi connectivity index (χ0v) is 12.0. The number of thioether (sulfide) groups is 1. The van der Waals surface area contributed by atoms with E-state index >= 15 is 0 Å². The van der Waals surface area contributed by atoms with E-state index < -0.39 is 0 Å². The van der Waals surface area contributed by atoms with E-state index in [1.165, 1.54) is 17.8 Å². The van der Waals surface area contributed by atoms with Gasteiger partial charge in [0.05, 0.1) is 0 Å². The molecule has 0 radical (unpaired) electrons. The first-order valence-electron chi connectivity index (χ1n) is 5.73. The number of para-hydroxylation sites is 1. The molecule has 0 heterocycles. The normalized spacial score (nSPS) is 11.9. The predicted octanol–water partition coefficient (Wildman–Crippen LogP) is 4.98. The molecule has 96 valence electrons. The van der Waals surface area contributed by atoms with Crippen molar-refractivity contribution >= 4 is 22.5 Å². The summed E-state index contributed by atoms with van der Waals surface area (Å²) in [6.07, 6.45) is 5.66. The fourth-order valence-electron chi connectivity index (χ4n) is 1.16. The quantitative estimate of drug-likeness (QED) is 0.416. The molecule has 0 saturated heterocycles. The molecule has 0 unspecified atom stereocenters. The summed E-state index contributed by atoms with van der Waals surface area (Å²) < 4.78 is 13.4. The van der Waals surface area contributed by atoms with Crippen molar-refractivity contribution in [3.8, 4) is 0 Å². The minimum atomic E-state index is -0.308. The number of rotatable bonds is 2. The first kappa shape index (κ1) is 14.7. The Morgan fingerprint density at radius 3 is 2.56 bits per heavy atom. The third-order valence-electron chi connectivity index (χ3n) is 2.02. The van der Waals surface area contributed by atoms with Gasteiger partial charge in [0.2, 0.25) is 0 Å². The van der Waals surface area contributed by atoms with Gasteiger partial charge < -0.3 is 0 Å². The Morgan fingerprint density at radius 1 is 1.33 bits per heavy atom. The lowest BCUT2D eigenvalue weighted by Gasteiger charge is -2.08. The van der Waals surface area contributed by atoms with Crippen LogP contribution in [0, 0.1) is 11.2 Å². The second-order valence-electron chi connectivity index (χ2n) is 4.93. The molecule has 0 aliphatic rings. The molecule has 0 N–H and O–H groups in total. The smallest absolute Gasteiger partial charge is 0.148 e. The molecule has 0 bridgehead atoms. The Kier molecular flexibility index (Phi) is 5.39. The van der Waals surface area contributed by atoms with Crippen molar-refractivity contribution in [1.29, 1.82) is 0 Å². The third kappa shape index (κ3) is 5.35. The summed E-state index contributed by atoms with van der Waals surface area (Å²) in [5.41, 5.74) is 3.53. The van der Waals surface area contributed by atoms with Crippen LogP contribution in [0.1, 0.15) is 20.8 Å². The molecule has 1 nitrogen and oxygen atoms in total. The van der Waals surface area contributed by atoms with E-state index in [2.05, 4.69) is 31.5 Å². The largest absolute Gasteiger partial charge is 0.238 e. The topological polar surface area (TPSA) is 12.4 Å². The van der Waals surface area contributed by atoms with Gasteiger partial charge in [-0.2, -0.15) is 0 Å². The number of hydrogen-bond acceptors (Lipinski definition) is 2. The summed E-state index contributed by atoms with van der Waals surface area (Å²) in [7, 11) is 0. The van der Waals surface area contributed by atoms with Crippen molar-refractivity contribution in [2.24, 2.45) is 10.4 Å². The average molecular weight is 263 g/mol. The standard InChI is InChI=1S/C15H18FNS/c1-15(2,3)11-7-10-14(18-4)17-13-9-6-5-8-12(13)16/h5-6,8-11H,1-4H3. The molecule has 3 heteroatoms. The van der Waals surface area contributed by atoms with Crippen molar-refractivity contribution in [1.82, 2.24) is 0 Å². The Morgan fingerprint density at radius 2 is 2.00 bits per heavy atom. The molecule has 0 fully saturated rings. The van der Waals surface area contributed by atoms with Crippen LogP contribution in [0.25, 0.3) is 0 Å². The first-order valence-corrected chi connectivity index (χ1v) is 6.96. The molecule has 0 aliphatic heterocycles. The van der Waals surface area contributed by atoms with Crippen LogP contribution in [0.4, 0.5) is 10.1 Å². The Hall–Kier alpha value is -1.31. The van der Waals surface area contributed by atoms with Crippen molar-refractivity contribution < 1.29 is 4.39 Å². The van der Waals surface area contributed by atoms with E-state index in [1.807, 2.05) is 12.3 Å². The molecule has 1 aromatic rings. The lowest BCUT2D eigenvalue weighted by molar-refractivity contribution is 0.545. The van der Waals surface area contributed by atoms with Gasteiger partial charge in [-0.1, -0.05) is 32.9 Å². The van der Waals surface area contributed by atoms with Gasteiger partial charge in [0.1, 0.15) is 16.5 Å². The fraction of sp³-hybridized carbons (Fsp3) is 0.333. The molecule has 0 aliphatic carbocycles. The lowest BCUT2D eigenvalue weighted by Crippen LogP contribution is -1.97. The van der Waals surface area contributed by atoms with Crippen LogP contribution in [-0.4, -0.2) is 11.3 Å². The molecule has 0 atom stereocenters. The minimum absolute atomic E-state index is 0.0814. The molecular weight excluding hydrogens is 245 g/mol. The summed E-state index contributed by atoms with van der Waals surface area (Å²) in [6.45, 7) is 6.29. The Balaban J connectivity index is 2.98. The van der Waals surface area contributed by atoms with Crippen LogP contribution < -0.4 is 0 Å². The maximum atomic E-state index is 13.4. The van der Waals surface area contributed by atoms with Crippen LogP contribution in [0.3, 0.4) is 0 Å². The van der Waals surface area contributed by atoms with E-state index in [0.717, 1.165) is 5.04 Å². The van der Waals surface area contributed by atoms with Crippen molar-refractivity contribution in [3.05, 3.63) is 48.0 Å². The van der Waals surface area contributed by atoms with Crippen molar-refractivity contribution in [3.63, 3.8) is 0 Å². The van der Waals surface area contributed by atoms with Gasteiger partial charge >= 0.3 is 0 Å². The predicted molar refractivity (Wildman–Crippen MR) is 79.1 cm³/mol. The highest BCUT2D eigenvalue weighted by Crippen LogP contribution is 2.19. The number of halogens is 1. The summed E-state index contributed by atoms with van der Waals surface area (Å²) in [5, 5.41) is 0.737. The molecule has 0 amide bonds. The summed E-state index contributed by atoms with van der Waals surface area (Å²) in [5.74, 6) is -0.308. The number of benzene rings is 1. The van der Waals surface area contributed by atoms with Gasteiger partial charge in [-0.15, -0.1) is 17.5 Å². The monoisotopic (exact) mass is 263 g/mol. The van der Waals surface area contributed by atoms with Gasteiger partial charge in [0, 0.05) is 6.08 Å². The van der Waals surface area contributed by atoms with Gasteiger partial charge in [-0.05, 0) is 29.9 Å². The van der Waals surface area contributed by atoms with Crippen LogP contribution >= 0.6 is 11.8 Å². The molecule has 18 heavy (non-hydrogen) atoms. The van der Waals surface area contributed by atoms with E-state index in [-0.39, 0.29) is 11.2 Å². The van der Waals surface area contributed by atoms with Crippen molar-refractivity contribution in [2.45, 2.75) is 20.8 Å². The van der Waals surface area contributed by atoms with Crippen LogP contribution in [-0.2, 0) is 0 Å². The SMILES string of the molecule is CSC(C=C=CC(C)(C)C)=Nc1ccccc1F. The Bertz CT molecular complexity index is 491. The molecule has 0 spiro atoms. The number of aliphatic imine (C=N–C) groups is 1. The molecule has 0 saturated carbocycles. The minimum Gasteiger partial charge on any atom is -0.238 e. The Labute approximate surface area is 113 Å². The van der Waals surface area contributed by atoms with Gasteiger partial charge in [-0.3, -0.25) is 0 Å². The molecule has 1 aromatic carbocycles. The number of hydrogen-bond donors (Lipinski definition) is 0. The second kappa shape index (κ2) is 6.58. The average Bonchev–Trinajstić information content (AvgIpc) is 2.29. The van der Waals surface area contributed by atoms with E-state index in [4.69, 9.17) is 0 Å². The van der Waals surface area contributed by atoms with Crippen LogP contribution in [0.15, 0.2) is 47.1 Å². The van der Waals surface area contributed by atoms with Crippen LogP contribution in [0.5, 0.6) is 0 Å². The van der Waals surface area contributed by atoms with Gasteiger partial charge in [0.25, 0.3) is 0 Å². The summed E-state index contributed by atoms with van der Waals surface area (Å²) >= 11 is 1.47. The maximum Gasteiger partial charge on any atom is 0.148 e. The zero-order chi connectivity index (χ0) is 13.6. The fourth-order valence-corrected chi connectivity index (χ4v) is 1.54. The molecule has 0 aromatic heterocycles. The lowest BCUT2D eigenvalue weighted by atomic mass is 9.97. The zero-order valence-electron chi connectivity index (χ0n) is 11.2. The van der Waals surface area contributed by atoms with E-state index in [0.29, 0.717) is 5.69 Å². The van der Waals surface area contributed by atoms with E-state index in [9.17, 15) is 4.39 Å². The maximum absolute atomic E-state index is 13.4. The highest BCUT2D eigenvalue weighted by atomic mass is 32.2. The molecular formula is C15H18FNS.